The van der Waals surface area contributed by atoms with Gasteiger partial charge in [0.25, 0.3) is 0 Å². The fourth-order valence-corrected chi connectivity index (χ4v) is 4.94. The van der Waals surface area contributed by atoms with E-state index < -0.39 is 0 Å². The molecular formula is C26H18N2O2. The van der Waals surface area contributed by atoms with Crippen molar-refractivity contribution in [2.24, 2.45) is 14.1 Å². The van der Waals surface area contributed by atoms with Crippen LogP contribution in [0.1, 0.15) is 0 Å². The third-order valence-electron chi connectivity index (χ3n) is 6.20. The van der Waals surface area contributed by atoms with E-state index in [0.717, 1.165) is 33.1 Å². The van der Waals surface area contributed by atoms with Crippen LogP contribution in [0.2, 0.25) is 0 Å². The van der Waals surface area contributed by atoms with Crippen molar-refractivity contribution in [2.75, 3.05) is 0 Å². The zero-order valence-electron chi connectivity index (χ0n) is 16.6. The average molecular weight is 390 g/mol. The minimum absolute atomic E-state index is 0.877. The lowest BCUT2D eigenvalue weighted by atomic mass is 9.90. The Morgan fingerprint density at radius 2 is 0.967 bits per heavy atom. The van der Waals surface area contributed by atoms with E-state index in [1.807, 2.05) is 35.6 Å². The standard InChI is InChI=1S/C26H18N2O2/c1-27-11-9-17-21(13-27)29-19-7-3-5-15-16-6-4-8-20-24(16)26(25(17)23(15)19)18-10-12-28(2)14-22(18)30-20/h3-14H,1-2H3. The predicted octanol–water partition coefficient (Wildman–Crippen LogP) is 7.03. The highest BCUT2D eigenvalue weighted by molar-refractivity contribution is 6.39. The summed E-state index contributed by atoms with van der Waals surface area (Å²) in [4.78, 5) is 0. The molecule has 0 aliphatic rings. The lowest BCUT2D eigenvalue weighted by Gasteiger charge is -2.17. The maximum Gasteiger partial charge on any atom is 0.151 e. The fourth-order valence-electron chi connectivity index (χ4n) is 4.94. The smallest absolute Gasteiger partial charge is 0.151 e. The minimum Gasteiger partial charge on any atom is -0.454 e. The van der Waals surface area contributed by atoms with Crippen LogP contribution in [-0.2, 0) is 14.1 Å². The first kappa shape index (κ1) is 15.9. The van der Waals surface area contributed by atoms with Crippen molar-refractivity contribution < 1.29 is 8.83 Å². The number of benzene rings is 3. The van der Waals surface area contributed by atoms with Crippen LogP contribution in [0.15, 0.2) is 82.2 Å². The molecule has 0 N–H and O–H groups in total. The third-order valence-corrected chi connectivity index (χ3v) is 6.20. The van der Waals surface area contributed by atoms with Gasteiger partial charge in [-0.3, -0.25) is 0 Å². The van der Waals surface area contributed by atoms with E-state index in [9.17, 15) is 0 Å². The molecule has 0 unspecified atom stereocenters. The SMILES string of the molecule is Cn1ccc2c(c1)oc1cccc3c4cccc5oc6cn(C)ccc6c(c54)c2c13. The van der Waals surface area contributed by atoms with Gasteiger partial charge in [-0.05, 0) is 35.0 Å². The van der Waals surface area contributed by atoms with Gasteiger partial charge in [0.1, 0.15) is 11.2 Å². The molecule has 0 radical (unpaired) electrons. The van der Waals surface area contributed by atoms with Crippen LogP contribution in [0.25, 0.3) is 65.4 Å². The highest BCUT2D eigenvalue weighted by Crippen LogP contribution is 2.45. The van der Waals surface area contributed by atoms with Crippen LogP contribution >= 0.6 is 0 Å². The number of nitrogens with zero attached hydrogens (tertiary/aromatic N) is 2. The molecule has 0 bridgehead atoms. The number of aromatic nitrogens is 2. The molecule has 0 aliphatic carbocycles. The quantitative estimate of drug-likeness (QED) is 0.206. The van der Waals surface area contributed by atoms with E-state index in [1.54, 1.807) is 0 Å². The highest BCUT2D eigenvalue weighted by atomic mass is 16.3. The Morgan fingerprint density at radius 1 is 0.500 bits per heavy atom. The van der Waals surface area contributed by atoms with Crippen molar-refractivity contribution in [3.05, 3.63) is 73.3 Å². The van der Waals surface area contributed by atoms with Gasteiger partial charge in [0.05, 0.1) is 0 Å². The summed E-state index contributed by atoms with van der Waals surface area (Å²) in [5.41, 5.74) is 3.56. The first-order chi connectivity index (χ1) is 14.7. The van der Waals surface area contributed by atoms with Gasteiger partial charge in [-0.25, -0.2) is 0 Å². The molecule has 0 saturated heterocycles. The van der Waals surface area contributed by atoms with Gasteiger partial charge >= 0.3 is 0 Å². The predicted molar refractivity (Wildman–Crippen MR) is 123 cm³/mol. The summed E-state index contributed by atoms with van der Waals surface area (Å²) in [5, 5.41) is 9.39. The van der Waals surface area contributed by atoms with Crippen LogP contribution in [0, 0.1) is 0 Å². The molecule has 4 aromatic heterocycles. The summed E-state index contributed by atoms with van der Waals surface area (Å²) >= 11 is 0. The zero-order valence-corrected chi connectivity index (χ0v) is 16.6. The largest absolute Gasteiger partial charge is 0.454 e. The molecule has 0 atom stereocenters. The molecule has 0 spiro atoms. The third kappa shape index (κ3) is 1.90. The Kier molecular flexibility index (Phi) is 2.85. The van der Waals surface area contributed by atoms with E-state index in [-0.39, 0.29) is 0 Å². The number of hydrogen-bond acceptors (Lipinski definition) is 2. The molecule has 4 nitrogen and oxygen atoms in total. The second-order valence-corrected chi connectivity index (χ2v) is 8.09. The number of hydrogen-bond donors (Lipinski definition) is 0. The van der Waals surface area contributed by atoms with Gasteiger partial charge in [0.2, 0.25) is 0 Å². The Balaban J connectivity index is 1.97. The maximum absolute atomic E-state index is 6.38. The van der Waals surface area contributed by atoms with Crippen molar-refractivity contribution in [2.45, 2.75) is 0 Å². The van der Waals surface area contributed by atoms with E-state index in [4.69, 9.17) is 8.83 Å². The van der Waals surface area contributed by atoms with Gasteiger partial charge in [0, 0.05) is 71.2 Å². The van der Waals surface area contributed by atoms with E-state index in [1.165, 1.54) is 32.3 Å². The molecule has 7 rings (SSSR count). The molecular weight excluding hydrogens is 372 g/mol. The Bertz CT molecular complexity index is 1690. The molecule has 144 valence electrons. The van der Waals surface area contributed by atoms with E-state index in [2.05, 4.69) is 60.9 Å². The highest BCUT2D eigenvalue weighted by Gasteiger charge is 2.20. The molecule has 4 heterocycles. The van der Waals surface area contributed by atoms with Crippen LogP contribution in [0.5, 0.6) is 0 Å². The first-order valence-corrected chi connectivity index (χ1v) is 10.1. The molecule has 4 heteroatoms. The lowest BCUT2D eigenvalue weighted by Crippen LogP contribution is -1.94. The monoisotopic (exact) mass is 390 g/mol. The van der Waals surface area contributed by atoms with E-state index >= 15 is 0 Å². The Hall–Kier alpha value is -3.92. The van der Waals surface area contributed by atoms with Gasteiger partial charge in [-0.2, -0.15) is 0 Å². The summed E-state index contributed by atoms with van der Waals surface area (Å²) in [7, 11) is 4.04. The summed E-state index contributed by atoms with van der Waals surface area (Å²) < 4.78 is 16.8. The molecule has 30 heavy (non-hydrogen) atoms. The van der Waals surface area contributed by atoms with Crippen LogP contribution < -0.4 is 0 Å². The second kappa shape index (κ2) is 5.36. The molecule has 0 fully saturated rings. The first-order valence-electron chi connectivity index (χ1n) is 10.1. The summed E-state index contributed by atoms with van der Waals surface area (Å²) in [6.07, 6.45) is 8.25. The van der Waals surface area contributed by atoms with Gasteiger partial charge < -0.3 is 18.0 Å². The minimum atomic E-state index is 0.877. The van der Waals surface area contributed by atoms with E-state index in [0.29, 0.717) is 0 Å². The molecule has 0 amide bonds. The number of fused-ring (bicyclic) bond motifs is 6. The van der Waals surface area contributed by atoms with Crippen LogP contribution in [-0.4, -0.2) is 9.13 Å². The zero-order chi connectivity index (χ0) is 20.0. The molecule has 7 aromatic rings. The number of aryl methyl sites for hydroxylation is 2. The lowest BCUT2D eigenvalue weighted by molar-refractivity contribution is 0.653. The Morgan fingerprint density at radius 3 is 1.43 bits per heavy atom. The fraction of sp³-hybridized carbons (Fsp3) is 0.0769. The molecule has 0 aliphatic heterocycles. The number of pyridine rings is 2. The van der Waals surface area contributed by atoms with Crippen LogP contribution in [0.4, 0.5) is 0 Å². The van der Waals surface area contributed by atoms with Crippen molar-refractivity contribution in [3.63, 3.8) is 0 Å². The van der Waals surface area contributed by atoms with Crippen molar-refractivity contribution in [3.8, 4) is 0 Å². The topological polar surface area (TPSA) is 36.1 Å². The Labute approximate surface area is 171 Å². The van der Waals surface area contributed by atoms with Crippen molar-refractivity contribution >= 4 is 65.4 Å². The van der Waals surface area contributed by atoms with Gasteiger partial charge in [-0.1, -0.05) is 24.3 Å². The van der Waals surface area contributed by atoms with Crippen molar-refractivity contribution in [1.82, 2.24) is 9.13 Å². The average Bonchev–Trinajstić information content (AvgIpc) is 2.75. The van der Waals surface area contributed by atoms with Gasteiger partial charge in [-0.15, -0.1) is 0 Å². The normalized spacial score (nSPS) is 12.3. The summed E-state index contributed by atoms with van der Waals surface area (Å²) in [5.74, 6) is 0. The summed E-state index contributed by atoms with van der Waals surface area (Å²) in [6.45, 7) is 0. The second-order valence-electron chi connectivity index (χ2n) is 8.09. The van der Waals surface area contributed by atoms with Gasteiger partial charge in [0.15, 0.2) is 11.2 Å². The van der Waals surface area contributed by atoms with Crippen molar-refractivity contribution in [1.29, 1.82) is 0 Å². The maximum atomic E-state index is 6.38. The summed E-state index contributed by atoms with van der Waals surface area (Å²) in [6, 6.07) is 17.0. The molecule has 3 aromatic carbocycles. The van der Waals surface area contributed by atoms with Crippen LogP contribution in [0.3, 0.4) is 0 Å². The molecule has 0 saturated carbocycles. The number of rotatable bonds is 0.